The molecule has 0 bridgehead atoms. The molecule has 2 aromatic heterocycles. The zero-order chi connectivity index (χ0) is 13.8. The average molecular weight is 261 g/mol. The minimum atomic E-state index is 0.511. The molecular formula is C13H19N5O. The predicted octanol–water partition coefficient (Wildman–Crippen LogP) is 2.43. The number of aryl methyl sites for hydroxylation is 2. The number of nitrogens with zero attached hydrogens (tertiary/aromatic N) is 3. The third kappa shape index (κ3) is 3.21. The number of aromatic nitrogens is 3. The number of nitrogens with one attached hydrogen (secondary N) is 2. The van der Waals surface area contributed by atoms with Crippen molar-refractivity contribution in [1.29, 1.82) is 0 Å². The zero-order valence-electron chi connectivity index (χ0n) is 11.7. The van der Waals surface area contributed by atoms with Crippen molar-refractivity contribution < 1.29 is 4.42 Å². The van der Waals surface area contributed by atoms with Crippen molar-refractivity contribution in [3.8, 4) is 0 Å². The molecule has 2 rings (SSSR count). The van der Waals surface area contributed by atoms with Crippen molar-refractivity contribution in [2.24, 2.45) is 0 Å². The predicted molar refractivity (Wildman–Crippen MR) is 74.2 cm³/mol. The molecule has 6 heteroatoms. The highest BCUT2D eigenvalue weighted by Gasteiger charge is 2.09. The summed E-state index contributed by atoms with van der Waals surface area (Å²) in [6.07, 6.45) is 1.71. The monoisotopic (exact) mass is 261 g/mol. The highest BCUT2D eigenvalue weighted by molar-refractivity contribution is 5.57. The highest BCUT2D eigenvalue weighted by atomic mass is 16.4. The number of rotatable bonds is 5. The average Bonchev–Trinajstić information content (AvgIpc) is 2.78. The molecule has 0 unspecified atom stereocenters. The van der Waals surface area contributed by atoms with Crippen LogP contribution in [-0.2, 0) is 6.54 Å². The number of hydrogen-bond acceptors (Lipinski definition) is 6. The van der Waals surface area contributed by atoms with Crippen LogP contribution in [0, 0.1) is 20.8 Å². The van der Waals surface area contributed by atoms with Crippen LogP contribution in [0.2, 0.25) is 0 Å². The van der Waals surface area contributed by atoms with Crippen LogP contribution in [0.4, 0.5) is 11.6 Å². The minimum Gasteiger partial charge on any atom is -0.444 e. The van der Waals surface area contributed by atoms with E-state index in [9.17, 15) is 0 Å². The second-order valence-corrected chi connectivity index (χ2v) is 4.34. The molecular weight excluding hydrogens is 242 g/mol. The van der Waals surface area contributed by atoms with Crippen molar-refractivity contribution in [2.75, 3.05) is 17.2 Å². The molecule has 0 atom stereocenters. The van der Waals surface area contributed by atoms with Gasteiger partial charge in [-0.05, 0) is 27.7 Å². The van der Waals surface area contributed by atoms with E-state index in [0.29, 0.717) is 12.4 Å². The summed E-state index contributed by atoms with van der Waals surface area (Å²) < 4.78 is 5.42. The third-order valence-electron chi connectivity index (χ3n) is 2.68. The Morgan fingerprint density at radius 3 is 2.37 bits per heavy atom. The van der Waals surface area contributed by atoms with Crippen LogP contribution in [-0.4, -0.2) is 21.5 Å². The lowest BCUT2D eigenvalue weighted by atomic mass is 10.3. The van der Waals surface area contributed by atoms with Crippen LogP contribution >= 0.6 is 0 Å². The summed E-state index contributed by atoms with van der Waals surface area (Å²) in [5.74, 6) is 3.85. The Hall–Kier alpha value is -2.11. The summed E-state index contributed by atoms with van der Waals surface area (Å²) in [7, 11) is 0. The Morgan fingerprint density at radius 2 is 1.79 bits per heavy atom. The molecule has 0 spiro atoms. The second-order valence-electron chi connectivity index (χ2n) is 4.34. The first-order valence-electron chi connectivity index (χ1n) is 6.34. The smallest absolute Gasteiger partial charge is 0.213 e. The molecule has 6 nitrogen and oxygen atoms in total. The SMILES string of the molecule is CCNc1nc(C)nc(NCc2ncc(C)o2)c1C. The normalized spacial score (nSPS) is 10.5. The van der Waals surface area contributed by atoms with Crippen LogP contribution in [0.5, 0.6) is 0 Å². The molecule has 19 heavy (non-hydrogen) atoms. The maximum Gasteiger partial charge on any atom is 0.213 e. The molecule has 0 radical (unpaired) electrons. The summed E-state index contributed by atoms with van der Waals surface area (Å²) in [4.78, 5) is 12.9. The molecule has 0 aliphatic carbocycles. The molecule has 102 valence electrons. The van der Waals surface area contributed by atoms with Gasteiger partial charge in [-0.15, -0.1) is 0 Å². The highest BCUT2D eigenvalue weighted by Crippen LogP contribution is 2.20. The molecule has 0 saturated carbocycles. The van der Waals surface area contributed by atoms with Gasteiger partial charge in [-0.2, -0.15) is 0 Å². The summed E-state index contributed by atoms with van der Waals surface area (Å²) >= 11 is 0. The Morgan fingerprint density at radius 1 is 1.11 bits per heavy atom. The van der Waals surface area contributed by atoms with Crippen LogP contribution < -0.4 is 10.6 Å². The van der Waals surface area contributed by atoms with E-state index in [1.165, 1.54) is 0 Å². The van der Waals surface area contributed by atoms with E-state index in [0.717, 1.165) is 35.3 Å². The first-order valence-corrected chi connectivity index (χ1v) is 6.34. The van der Waals surface area contributed by atoms with Crippen LogP contribution in [0.3, 0.4) is 0 Å². The standard InChI is InChI=1S/C13H19N5O/c1-5-14-12-9(3)13(18-10(4)17-12)16-7-11-15-6-8(2)19-11/h6H,5,7H2,1-4H3,(H2,14,16,17,18). The molecule has 2 N–H and O–H groups in total. The number of oxazole rings is 1. The van der Waals surface area contributed by atoms with E-state index in [-0.39, 0.29) is 0 Å². The largest absolute Gasteiger partial charge is 0.444 e. The van der Waals surface area contributed by atoms with Gasteiger partial charge in [-0.25, -0.2) is 15.0 Å². The Bertz CT molecular complexity index is 564. The fraction of sp³-hybridized carbons (Fsp3) is 0.462. The summed E-state index contributed by atoms with van der Waals surface area (Å²) in [5, 5.41) is 6.46. The van der Waals surface area contributed by atoms with Gasteiger partial charge in [0.15, 0.2) is 0 Å². The summed E-state index contributed by atoms with van der Waals surface area (Å²) in [6, 6.07) is 0. The van der Waals surface area contributed by atoms with Gasteiger partial charge in [-0.3, -0.25) is 0 Å². The van der Waals surface area contributed by atoms with E-state index in [2.05, 4.69) is 25.6 Å². The van der Waals surface area contributed by atoms with Crippen molar-refractivity contribution in [3.05, 3.63) is 29.2 Å². The van der Waals surface area contributed by atoms with Crippen LogP contribution in [0.25, 0.3) is 0 Å². The fourth-order valence-electron chi connectivity index (χ4n) is 1.78. The van der Waals surface area contributed by atoms with E-state index in [1.54, 1.807) is 6.20 Å². The maximum atomic E-state index is 5.42. The lowest BCUT2D eigenvalue weighted by Gasteiger charge is -2.12. The third-order valence-corrected chi connectivity index (χ3v) is 2.68. The molecule has 0 aliphatic rings. The first-order chi connectivity index (χ1) is 9.10. The van der Waals surface area contributed by atoms with Gasteiger partial charge in [0.1, 0.15) is 23.2 Å². The molecule has 0 aromatic carbocycles. The van der Waals surface area contributed by atoms with Gasteiger partial charge in [-0.1, -0.05) is 0 Å². The quantitative estimate of drug-likeness (QED) is 0.861. The van der Waals surface area contributed by atoms with Gasteiger partial charge >= 0.3 is 0 Å². The van der Waals surface area contributed by atoms with Gasteiger partial charge in [0.25, 0.3) is 0 Å². The molecule has 0 fully saturated rings. The van der Waals surface area contributed by atoms with Gasteiger partial charge in [0, 0.05) is 12.1 Å². The number of hydrogen-bond donors (Lipinski definition) is 2. The Kier molecular flexibility index (Phi) is 3.99. The van der Waals surface area contributed by atoms with E-state index in [1.807, 2.05) is 27.7 Å². The van der Waals surface area contributed by atoms with Crippen LogP contribution in [0.15, 0.2) is 10.6 Å². The molecule has 0 amide bonds. The topological polar surface area (TPSA) is 75.9 Å². The lowest BCUT2D eigenvalue weighted by molar-refractivity contribution is 0.478. The van der Waals surface area contributed by atoms with Crippen LogP contribution in [0.1, 0.15) is 30.0 Å². The minimum absolute atomic E-state index is 0.511. The lowest BCUT2D eigenvalue weighted by Crippen LogP contribution is -2.10. The molecule has 2 aromatic rings. The van der Waals surface area contributed by atoms with E-state index < -0.39 is 0 Å². The van der Waals surface area contributed by atoms with Crippen molar-refractivity contribution in [1.82, 2.24) is 15.0 Å². The van der Waals surface area contributed by atoms with Crippen molar-refractivity contribution in [2.45, 2.75) is 34.2 Å². The Balaban J connectivity index is 2.15. The van der Waals surface area contributed by atoms with E-state index >= 15 is 0 Å². The molecule has 0 saturated heterocycles. The van der Waals surface area contributed by atoms with Crippen molar-refractivity contribution in [3.63, 3.8) is 0 Å². The molecule has 0 aliphatic heterocycles. The maximum absolute atomic E-state index is 5.42. The fourth-order valence-corrected chi connectivity index (χ4v) is 1.78. The van der Waals surface area contributed by atoms with Gasteiger partial charge in [0.05, 0.1) is 12.7 Å². The summed E-state index contributed by atoms with van der Waals surface area (Å²) in [6.45, 7) is 9.12. The van der Waals surface area contributed by atoms with E-state index in [4.69, 9.17) is 4.42 Å². The second kappa shape index (κ2) is 5.69. The first kappa shape index (κ1) is 13.3. The zero-order valence-corrected chi connectivity index (χ0v) is 11.7. The van der Waals surface area contributed by atoms with Crippen molar-refractivity contribution >= 4 is 11.6 Å². The number of anilines is 2. The summed E-state index contributed by atoms with van der Waals surface area (Å²) in [5.41, 5.74) is 0.996. The molecule has 2 heterocycles. The van der Waals surface area contributed by atoms with Gasteiger partial charge in [0.2, 0.25) is 5.89 Å². The Labute approximate surface area is 112 Å². The van der Waals surface area contributed by atoms with Gasteiger partial charge < -0.3 is 15.1 Å².